The third-order valence-corrected chi connectivity index (χ3v) is 2.74. The molecule has 0 aliphatic heterocycles. The minimum atomic E-state index is 0.896. The largest absolute Gasteiger partial charge is 0.473 e. The molecule has 0 aliphatic rings. The molecule has 0 radical (unpaired) electrons. The molecule has 0 bridgehead atoms. The van der Waals surface area contributed by atoms with Crippen molar-refractivity contribution >= 4 is 0 Å². The quantitative estimate of drug-likeness (QED) is 0.685. The van der Waals surface area contributed by atoms with Crippen molar-refractivity contribution in [2.75, 3.05) is 0 Å². The Bertz CT molecular complexity index is 462. The van der Waals surface area contributed by atoms with Crippen molar-refractivity contribution in [3.8, 4) is 0 Å². The molecule has 2 aromatic rings. The van der Waals surface area contributed by atoms with Crippen molar-refractivity contribution < 1.29 is 4.74 Å². The van der Waals surface area contributed by atoms with Crippen LogP contribution in [0.15, 0.2) is 85.3 Å². The Morgan fingerprint density at radius 3 is 1.47 bits per heavy atom. The maximum absolute atomic E-state index is 5.32. The fourth-order valence-electron chi connectivity index (χ4n) is 1.75. The van der Waals surface area contributed by atoms with Gasteiger partial charge in [-0.2, -0.15) is 0 Å². The van der Waals surface area contributed by atoms with Crippen LogP contribution >= 0.6 is 0 Å². The smallest absolute Gasteiger partial charge is 0.0864 e. The van der Waals surface area contributed by atoms with Crippen LogP contribution in [0, 0.1) is 0 Å². The van der Waals surface area contributed by atoms with E-state index in [1.165, 1.54) is 11.1 Å². The maximum Gasteiger partial charge on any atom is 0.0864 e. The summed E-state index contributed by atoms with van der Waals surface area (Å²) >= 11 is 0. The summed E-state index contributed by atoms with van der Waals surface area (Å²) in [6.07, 6.45) is 9.29. The third kappa shape index (κ3) is 5.26. The molecular formula is C18H18O. The van der Waals surface area contributed by atoms with Gasteiger partial charge in [-0.05, 0) is 36.1 Å². The van der Waals surface area contributed by atoms with Crippen LogP contribution in [0.25, 0.3) is 0 Å². The van der Waals surface area contributed by atoms with Gasteiger partial charge in [0, 0.05) is 0 Å². The van der Waals surface area contributed by atoms with E-state index >= 15 is 0 Å². The summed E-state index contributed by atoms with van der Waals surface area (Å²) in [6, 6.07) is 20.7. The Morgan fingerprint density at radius 1 is 0.632 bits per heavy atom. The van der Waals surface area contributed by atoms with E-state index in [-0.39, 0.29) is 0 Å². The summed E-state index contributed by atoms with van der Waals surface area (Å²) in [7, 11) is 0. The SMILES string of the molecule is C(=COC=CCc1ccccc1)Cc1ccccc1. The van der Waals surface area contributed by atoms with Crippen molar-refractivity contribution in [1.82, 2.24) is 0 Å². The van der Waals surface area contributed by atoms with Gasteiger partial charge in [0.2, 0.25) is 0 Å². The maximum atomic E-state index is 5.32. The Balaban J connectivity index is 1.66. The Morgan fingerprint density at radius 2 is 1.05 bits per heavy atom. The first-order valence-electron chi connectivity index (χ1n) is 6.48. The van der Waals surface area contributed by atoms with Gasteiger partial charge in [0.05, 0.1) is 12.5 Å². The van der Waals surface area contributed by atoms with E-state index < -0.39 is 0 Å². The molecule has 19 heavy (non-hydrogen) atoms. The molecule has 0 N–H and O–H groups in total. The van der Waals surface area contributed by atoms with Gasteiger partial charge in [0.15, 0.2) is 0 Å². The molecule has 0 fully saturated rings. The lowest BCUT2D eigenvalue weighted by molar-refractivity contribution is 0.399. The highest BCUT2D eigenvalue weighted by atomic mass is 16.5. The van der Waals surface area contributed by atoms with Gasteiger partial charge in [0.1, 0.15) is 0 Å². The monoisotopic (exact) mass is 250 g/mol. The second kappa shape index (κ2) is 7.93. The molecule has 0 amide bonds. The van der Waals surface area contributed by atoms with Gasteiger partial charge in [-0.15, -0.1) is 0 Å². The molecular weight excluding hydrogens is 232 g/mol. The van der Waals surface area contributed by atoms with Gasteiger partial charge in [-0.25, -0.2) is 0 Å². The van der Waals surface area contributed by atoms with E-state index in [4.69, 9.17) is 4.74 Å². The number of allylic oxidation sites excluding steroid dienone is 2. The lowest BCUT2D eigenvalue weighted by Crippen LogP contribution is -1.80. The zero-order chi connectivity index (χ0) is 13.2. The molecule has 2 aromatic carbocycles. The van der Waals surface area contributed by atoms with Crippen molar-refractivity contribution in [3.05, 3.63) is 96.5 Å². The Hall–Kier alpha value is -2.28. The summed E-state index contributed by atoms with van der Waals surface area (Å²) in [6.45, 7) is 0. The number of ether oxygens (including phenoxy) is 1. The molecule has 2 rings (SSSR count). The highest BCUT2D eigenvalue weighted by Crippen LogP contribution is 2.01. The van der Waals surface area contributed by atoms with E-state index in [0.29, 0.717) is 0 Å². The average molecular weight is 250 g/mol. The molecule has 1 heteroatoms. The molecule has 96 valence electrons. The molecule has 0 saturated carbocycles. The second-order valence-electron chi connectivity index (χ2n) is 4.26. The highest BCUT2D eigenvalue weighted by Gasteiger charge is 1.86. The number of hydrogen-bond donors (Lipinski definition) is 0. The van der Waals surface area contributed by atoms with Crippen molar-refractivity contribution in [2.45, 2.75) is 12.8 Å². The Labute approximate surface area is 114 Å². The fraction of sp³-hybridized carbons (Fsp3) is 0.111. The van der Waals surface area contributed by atoms with Crippen LogP contribution in [-0.2, 0) is 17.6 Å². The molecule has 0 aromatic heterocycles. The summed E-state index contributed by atoms with van der Waals surface area (Å²) in [5.74, 6) is 0. The van der Waals surface area contributed by atoms with Crippen molar-refractivity contribution in [1.29, 1.82) is 0 Å². The Kier molecular flexibility index (Phi) is 5.49. The van der Waals surface area contributed by atoms with Crippen LogP contribution in [0.5, 0.6) is 0 Å². The van der Waals surface area contributed by atoms with E-state index in [0.717, 1.165) is 12.8 Å². The molecule has 0 unspecified atom stereocenters. The lowest BCUT2D eigenvalue weighted by Gasteiger charge is -1.95. The summed E-state index contributed by atoms with van der Waals surface area (Å²) < 4.78 is 5.32. The standard InChI is InChI=1S/C18H18O/c1-3-9-17(10-4-1)13-7-15-19-16-8-14-18-11-5-2-6-12-18/h1-12,15-16H,13-14H2. The predicted molar refractivity (Wildman–Crippen MR) is 79.7 cm³/mol. The minimum Gasteiger partial charge on any atom is -0.473 e. The van der Waals surface area contributed by atoms with E-state index in [9.17, 15) is 0 Å². The third-order valence-electron chi connectivity index (χ3n) is 2.74. The average Bonchev–Trinajstić information content (AvgIpc) is 2.48. The van der Waals surface area contributed by atoms with Crippen LogP contribution in [-0.4, -0.2) is 0 Å². The fourth-order valence-corrected chi connectivity index (χ4v) is 1.75. The van der Waals surface area contributed by atoms with Crippen LogP contribution < -0.4 is 0 Å². The molecule has 0 heterocycles. The first kappa shape index (κ1) is 13.2. The zero-order valence-electron chi connectivity index (χ0n) is 10.9. The number of rotatable bonds is 6. The first-order valence-corrected chi connectivity index (χ1v) is 6.48. The van der Waals surface area contributed by atoms with E-state index in [2.05, 4.69) is 24.3 Å². The molecule has 0 atom stereocenters. The van der Waals surface area contributed by atoms with Gasteiger partial charge < -0.3 is 4.74 Å². The van der Waals surface area contributed by atoms with Crippen LogP contribution in [0.2, 0.25) is 0 Å². The highest BCUT2D eigenvalue weighted by molar-refractivity contribution is 5.18. The molecule has 0 aliphatic carbocycles. The van der Waals surface area contributed by atoms with E-state index in [1.807, 2.05) is 48.6 Å². The van der Waals surface area contributed by atoms with Crippen LogP contribution in [0.4, 0.5) is 0 Å². The summed E-state index contributed by atoms with van der Waals surface area (Å²) in [4.78, 5) is 0. The van der Waals surface area contributed by atoms with Gasteiger partial charge in [0.25, 0.3) is 0 Å². The van der Waals surface area contributed by atoms with Crippen molar-refractivity contribution in [2.24, 2.45) is 0 Å². The first-order chi connectivity index (χ1) is 9.45. The van der Waals surface area contributed by atoms with Crippen LogP contribution in [0.1, 0.15) is 11.1 Å². The minimum absolute atomic E-state index is 0.896. The lowest BCUT2D eigenvalue weighted by atomic mass is 10.1. The van der Waals surface area contributed by atoms with Gasteiger partial charge >= 0.3 is 0 Å². The van der Waals surface area contributed by atoms with E-state index in [1.54, 1.807) is 12.5 Å². The zero-order valence-corrected chi connectivity index (χ0v) is 10.9. The molecule has 0 saturated heterocycles. The predicted octanol–water partition coefficient (Wildman–Crippen LogP) is 4.52. The second-order valence-corrected chi connectivity index (χ2v) is 4.26. The van der Waals surface area contributed by atoms with Gasteiger partial charge in [-0.1, -0.05) is 60.7 Å². The molecule has 0 spiro atoms. The normalized spacial score (nSPS) is 11.2. The number of hydrogen-bond acceptors (Lipinski definition) is 1. The van der Waals surface area contributed by atoms with Gasteiger partial charge in [-0.3, -0.25) is 0 Å². The van der Waals surface area contributed by atoms with Crippen molar-refractivity contribution in [3.63, 3.8) is 0 Å². The topological polar surface area (TPSA) is 9.23 Å². The molecule has 1 nitrogen and oxygen atoms in total. The summed E-state index contributed by atoms with van der Waals surface area (Å²) in [5, 5.41) is 0. The van der Waals surface area contributed by atoms with Crippen LogP contribution in [0.3, 0.4) is 0 Å². The number of benzene rings is 2. The summed E-state index contributed by atoms with van der Waals surface area (Å²) in [5.41, 5.74) is 2.58.